The molecule has 2 fully saturated rings. The summed E-state index contributed by atoms with van der Waals surface area (Å²) in [6.07, 6.45) is 10.6. The molecule has 1 aliphatic carbocycles. The van der Waals surface area contributed by atoms with Gasteiger partial charge in [-0.25, -0.2) is 0 Å². The molecule has 2 aromatic rings. The van der Waals surface area contributed by atoms with E-state index in [-0.39, 0.29) is 23.6 Å². The standard InChI is InChI=1S/C20H23N5O2/c26-19(14-6-7-22-18(10-14)20(27)23-15-4-5-15)24-16-11-17(13-21-12-16)25-8-2-1-3-9-25/h6-7,10-13,15H,1-5,8-9H2,(H,23,27)(H,24,26). The Labute approximate surface area is 158 Å². The van der Waals surface area contributed by atoms with Crippen molar-refractivity contribution in [3.05, 3.63) is 48.0 Å². The van der Waals surface area contributed by atoms with Crippen molar-refractivity contribution in [2.75, 3.05) is 23.3 Å². The zero-order valence-corrected chi connectivity index (χ0v) is 15.1. The van der Waals surface area contributed by atoms with Crippen molar-refractivity contribution < 1.29 is 9.59 Å². The number of aromatic nitrogens is 2. The molecule has 1 saturated carbocycles. The van der Waals surface area contributed by atoms with Crippen LogP contribution in [0.4, 0.5) is 11.4 Å². The highest BCUT2D eigenvalue weighted by atomic mass is 16.2. The minimum absolute atomic E-state index is 0.235. The molecule has 7 nitrogen and oxygen atoms in total. The fourth-order valence-corrected chi connectivity index (χ4v) is 3.21. The van der Waals surface area contributed by atoms with Gasteiger partial charge in [-0.1, -0.05) is 0 Å². The lowest BCUT2D eigenvalue weighted by molar-refractivity contribution is 0.0946. The van der Waals surface area contributed by atoms with Gasteiger partial charge in [-0.05, 0) is 50.3 Å². The lowest BCUT2D eigenvalue weighted by Gasteiger charge is -2.28. The van der Waals surface area contributed by atoms with Crippen LogP contribution in [0.25, 0.3) is 0 Å². The number of hydrogen-bond donors (Lipinski definition) is 2. The van der Waals surface area contributed by atoms with E-state index in [2.05, 4.69) is 25.5 Å². The van der Waals surface area contributed by atoms with E-state index in [0.717, 1.165) is 31.6 Å². The first kappa shape index (κ1) is 17.5. The van der Waals surface area contributed by atoms with Crippen LogP contribution in [-0.4, -0.2) is 40.9 Å². The summed E-state index contributed by atoms with van der Waals surface area (Å²) in [5, 5.41) is 5.75. The average Bonchev–Trinajstić information content (AvgIpc) is 3.53. The number of pyridine rings is 2. The summed E-state index contributed by atoms with van der Waals surface area (Å²) >= 11 is 0. The van der Waals surface area contributed by atoms with Crippen molar-refractivity contribution >= 4 is 23.2 Å². The first-order valence-electron chi connectivity index (χ1n) is 9.47. The van der Waals surface area contributed by atoms with Gasteiger partial charge in [0.05, 0.1) is 23.8 Å². The van der Waals surface area contributed by atoms with Gasteiger partial charge in [0.15, 0.2) is 0 Å². The van der Waals surface area contributed by atoms with Crippen molar-refractivity contribution in [3.63, 3.8) is 0 Å². The Morgan fingerprint density at radius 2 is 1.85 bits per heavy atom. The first-order valence-corrected chi connectivity index (χ1v) is 9.47. The minimum atomic E-state index is -0.282. The Kier molecular flexibility index (Phi) is 5.00. The van der Waals surface area contributed by atoms with E-state index in [1.807, 2.05) is 12.3 Å². The van der Waals surface area contributed by atoms with E-state index < -0.39 is 0 Å². The van der Waals surface area contributed by atoms with Crippen LogP contribution in [0, 0.1) is 0 Å². The van der Waals surface area contributed by atoms with E-state index in [1.165, 1.54) is 31.5 Å². The minimum Gasteiger partial charge on any atom is -0.370 e. The van der Waals surface area contributed by atoms with Crippen LogP contribution < -0.4 is 15.5 Å². The summed E-state index contributed by atoms with van der Waals surface area (Å²) in [6, 6.07) is 5.32. The summed E-state index contributed by atoms with van der Waals surface area (Å²) in [5.41, 5.74) is 2.32. The maximum absolute atomic E-state index is 12.6. The molecule has 0 atom stereocenters. The quantitative estimate of drug-likeness (QED) is 0.850. The molecule has 0 bridgehead atoms. The molecular weight excluding hydrogens is 342 g/mol. The molecule has 2 N–H and O–H groups in total. The van der Waals surface area contributed by atoms with Crippen LogP contribution >= 0.6 is 0 Å². The zero-order chi connectivity index (χ0) is 18.6. The SMILES string of the molecule is O=C(Nc1cncc(N2CCCCC2)c1)c1ccnc(C(=O)NC2CC2)c1. The summed E-state index contributed by atoms with van der Waals surface area (Å²) in [5.74, 6) is -0.517. The summed E-state index contributed by atoms with van der Waals surface area (Å²) in [7, 11) is 0. The third-order valence-corrected chi connectivity index (χ3v) is 4.87. The zero-order valence-electron chi connectivity index (χ0n) is 15.1. The number of carbonyl (C=O) groups excluding carboxylic acids is 2. The molecule has 0 radical (unpaired) electrons. The van der Waals surface area contributed by atoms with Gasteiger partial charge < -0.3 is 15.5 Å². The number of piperidine rings is 1. The second-order valence-electron chi connectivity index (χ2n) is 7.11. The molecular formula is C20H23N5O2. The number of hydrogen-bond acceptors (Lipinski definition) is 5. The Bertz CT molecular complexity index is 844. The predicted octanol–water partition coefficient (Wildman–Crippen LogP) is 2.61. The van der Waals surface area contributed by atoms with Gasteiger partial charge >= 0.3 is 0 Å². The van der Waals surface area contributed by atoms with Gasteiger partial charge in [0.2, 0.25) is 0 Å². The van der Waals surface area contributed by atoms with Crippen LogP contribution in [0.15, 0.2) is 36.8 Å². The summed E-state index contributed by atoms with van der Waals surface area (Å²) in [6.45, 7) is 2.03. The molecule has 0 spiro atoms. The molecule has 27 heavy (non-hydrogen) atoms. The topological polar surface area (TPSA) is 87.2 Å². The van der Waals surface area contributed by atoms with Crippen LogP contribution in [0.2, 0.25) is 0 Å². The van der Waals surface area contributed by atoms with Gasteiger partial charge in [-0.3, -0.25) is 19.6 Å². The molecule has 2 amide bonds. The molecule has 140 valence electrons. The van der Waals surface area contributed by atoms with Crippen LogP contribution in [-0.2, 0) is 0 Å². The highest BCUT2D eigenvalue weighted by Crippen LogP contribution is 2.22. The highest BCUT2D eigenvalue weighted by molar-refractivity contribution is 6.05. The lowest BCUT2D eigenvalue weighted by atomic mass is 10.1. The van der Waals surface area contributed by atoms with Crippen molar-refractivity contribution in [1.29, 1.82) is 0 Å². The number of anilines is 2. The van der Waals surface area contributed by atoms with Gasteiger partial charge in [0.25, 0.3) is 11.8 Å². The molecule has 1 aliphatic heterocycles. The fourth-order valence-electron chi connectivity index (χ4n) is 3.21. The molecule has 0 aromatic carbocycles. The Morgan fingerprint density at radius 3 is 2.63 bits per heavy atom. The third-order valence-electron chi connectivity index (χ3n) is 4.87. The second-order valence-corrected chi connectivity index (χ2v) is 7.11. The van der Waals surface area contributed by atoms with Gasteiger partial charge in [0.1, 0.15) is 5.69 Å². The van der Waals surface area contributed by atoms with Gasteiger partial charge in [-0.15, -0.1) is 0 Å². The maximum atomic E-state index is 12.6. The van der Waals surface area contributed by atoms with Crippen molar-refractivity contribution in [2.24, 2.45) is 0 Å². The summed E-state index contributed by atoms with van der Waals surface area (Å²) < 4.78 is 0. The van der Waals surface area contributed by atoms with Crippen LogP contribution in [0.3, 0.4) is 0 Å². The molecule has 3 heterocycles. The van der Waals surface area contributed by atoms with E-state index in [9.17, 15) is 9.59 Å². The molecule has 2 aromatic heterocycles. The van der Waals surface area contributed by atoms with Crippen molar-refractivity contribution in [2.45, 2.75) is 38.1 Å². The number of amides is 2. The molecule has 1 saturated heterocycles. The predicted molar refractivity (Wildman–Crippen MR) is 103 cm³/mol. The number of nitrogens with zero attached hydrogens (tertiary/aromatic N) is 3. The number of carbonyl (C=O) groups is 2. The van der Waals surface area contributed by atoms with E-state index in [4.69, 9.17) is 0 Å². The van der Waals surface area contributed by atoms with Crippen molar-refractivity contribution in [1.82, 2.24) is 15.3 Å². The highest BCUT2D eigenvalue weighted by Gasteiger charge is 2.24. The van der Waals surface area contributed by atoms with E-state index in [0.29, 0.717) is 11.3 Å². The molecule has 4 rings (SSSR count). The Hall–Kier alpha value is -2.96. The average molecular weight is 365 g/mol. The normalized spacial score (nSPS) is 16.7. The maximum Gasteiger partial charge on any atom is 0.270 e. The largest absolute Gasteiger partial charge is 0.370 e. The summed E-state index contributed by atoms with van der Waals surface area (Å²) in [4.78, 5) is 35.3. The smallest absolute Gasteiger partial charge is 0.270 e. The number of rotatable bonds is 5. The van der Waals surface area contributed by atoms with Gasteiger partial charge in [-0.2, -0.15) is 0 Å². The third kappa shape index (κ3) is 4.42. The second kappa shape index (κ2) is 7.73. The van der Waals surface area contributed by atoms with Crippen LogP contribution in [0.5, 0.6) is 0 Å². The fraction of sp³-hybridized carbons (Fsp3) is 0.400. The number of nitrogens with one attached hydrogen (secondary N) is 2. The molecule has 7 heteroatoms. The van der Waals surface area contributed by atoms with Gasteiger partial charge in [0, 0.05) is 30.9 Å². The first-order chi connectivity index (χ1) is 13.2. The monoisotopic (exact) mass is 365 g/mol. The Balaban J connectivity index is 1.45. The Morgan fingerprint density at radius 1 is 1.04 bits per heavy atom. The van der Waals surface area contributed by atoms with E-state index in [1.54, 1.807) is 12.3 Å². The molecule has 0 unspecified atom stereocenters. The van der Waals surface area contributed by atoms with E-state index >= 15 is 0 Å². The van der Waals surface area contributed by atoms with Crippen molar-refractivity contribution in [3.8, 4) is 0 Å². The lowest BCUT2D eigenvalue weighted by Crippen LogP contribution is -2.29. The molecule has 2 aliphatic rings. The van der Waals surface area contributed by atoms with Crippen LogP contribution in [0.1, 0.15) is 53.0 Å².